The average Bonchev–Trinajstić information content (AvgIpc) is 2.78. The van der Waals surface area contributed by atoms with E-state index in [0.717, 1.165) is 0 Å². The highest BCUT2D eigenvalue weighted by Crippen LogP contribution is 2.26. The van der Waals surface area contributed by atoms with E-state index in [9.17, 15) is 9.59 Å². The summed E-state index contributed by atoms with van der Waals surface area (Å²) in [6, 6.07) is 20.2. The lowest BCUT2D eigenvalue weighted by atomic mass is 10.2. The maximum absolute atomic E-state index is 12.6. The molecule has 0 bridgehead atoms. The first kappa shape index (κ1) is 20.7. The Hall–Kier alpha value is -4.00. The average molecular weight is 407 g/mol. The summed E-state index contributed by atoms with van der Waals surface area (Å²) in [7, 11) is 1.51. The first-order valence-corrected chi connectivity index (χ1v) is 9.21. The number of carbonyl (C=O) groups is 2. The van der Waals surface area contributed by atoms with Crippen molar-refractivity contribution < 1.29 is 28.9 Å². The van der Waals surface area contributed by atoms with Crippen molar-refractivity contribution in [3.8, 4) is 17.2 Å². The topological polar surface area (TPSA) is 94.1 Å². The molecule has 0 spiro atoms. The normalized spacial score (nSPS) is 10.2. The van der Waals surface area contributed by atoms with Crippen LogP contribution in [-0.2, 0) is 0 Å². The Morgan fingerprint density at radius 1 is 0.833 bits per heavy atom. The van der Waals surface area contributed by atoms with Gasteiger partial charge in [0.2, 0.25) is 0 Å². The highest BCUT2D eigenvalue weighted by molar-refractivity contribution is 6.06. The van der Waals surface area contributed by atoms with Crippen molar-refractivity contribution in [2.24, 2.45) is 0 Å². The smallest absolute Gasteiger partial charge is 0.335 e. The molecule has 0 atom stereocenters. The number of aromatic carboxylic acids is 1. The fourth-order valence-electron chi connectivity index (χ4n) is 2.72. The highest BCUT2D eigenvalue weighted by Gasteiger charge is 2.14. The maximum atomic E-state index is 12.6. The van der Waals surface area contributed by atoms with Crippen LogP contribution in [0.15, 0.2) is 72.8 Å². The summed E-state index contributed by atoms with van der Waals surface area (Å²) < 4.78 is 16.5. The summed E-state index contributed by atoms with van der Waals surface area (Å²) in [5.74, 6) is 0.234. The van der Waals surface area contributed by atoms with Crippen LogP contribution >= 0.6 is 0 Å². The number of anilines is 1. The molecule has 30 heavy (non-hydrogen) atoms. The fourth-order valence-corrected chi connectivity index (χ4v) is 2.72. The van der Waals surface area contributed by atoms with E-state index in [2.05, 4.69) is 5.32 Å². The van der Waals surface area contributed by atoms with E-state index < -0.39 is 5.97 Å². The van der Waals surface area contributed by atoms with Gasteiger partial charge in [-0.15, -0.1) is 0 Å². The minimum Gasteiger partial charge on any atom is -0.496 e. The van der Waals surface area contributed by atoms with Gasteiger partial charge in [0.25, 0.3) is 5.91 Å². The van der Waals surface area contributed by atoms with Crippen molar-refractivity contribution in [1.82, 2.24) is 0 Å². The van der Waals surface area contributed by atoms with E-state index in [-0.39, 0.29) is 24.7 Å². The number of rotatable bonds is 9. The lowest BCUT2D eigenvalue weighted by Gasteiger charge is -2.14. The van der Waals surface area contributed by atoms with Gasteiger partial charge in [-0.25, -0.2) is 4.79 Å². The molecule has 0 unspecified atom stereocenters. The van der Waals surface area contributed by atoms with Crippen LogP contribution in [0.1, 0.15) is 20.7 Å². The number of methoxy groups -OCH3 is 1. The van der Waals surface area contributed by atoms with Gasteiger partial charge in [-0.2, -0.15) is 0 Å². The van der Waals surface area contributed by atoms with Gasteiger partial charge < -0.3 is 24.6 Å². The molecule has 0 aliphatic rings. The van der Waals surface area contributed by atoms with Crippen LogP contribution in [0.4, 0.5) is 5.69 Å². The molecular formula is C23H21NO6. The predicted octanol–water partition coefficient (Wildman–Crippen LogP) is 4.10. The number of ether oxygens (including phenoxy) is 3. The second kappa shape index (κ2) is 9.97. The Labute approximate surface area is 173 Å². The SMILES string of the molecule is COc1ccccc1C(=O)Nc1ccccc1OCCOc1ccc(C(=O)O)cc1. The van der Waals surface area contributed by atoms with E-state index in [1.165, 1.54) is 19.2 Å². The molecule has 0 saturated carbocycles. The van der Waals surface area contributed by atoms with Crippen LogP contribution in [-0.4, -0.2) is 37.3 Å². The number of carboxylic acid groups (broad SMARTS) is 1. The van der Waals surface area contributed by atoms with Gasteiger partial charge in [0.15, 0.2) is 0 Å². The van der Waals surface area contributed by atoms with E-state index in [1.54, 1.807) is 60.7 Å². The molecule has 3 rings (SSSR count). The molecule has 0 heterocycles. The zero-order valence-corrected chi connectivity index (χ0v) is 16.3. The number of hydrogen-bond donors (Lipinski definition) is 2. The molecule has 0 fully saturated rings. The molecule has 0 radical (unpaired) electrons. The molecule has 3 aromatic carbocycles. The molecule has 0 aliphatic heterocycles. The lowest BCUT2D eigenvalue weighted by Crippen LogP contribution is -2.15. The Morgan fingerprint density at radius 2 is 1.47 bits per heavy atom. The summed E-state index contributed by atoms with van der Waals surface area (Å²) in [5, 5.41) is 11.7. The maximum Gasteiger partial charge on any atom is 0.335 e. The van der Waals surface area contributed by atoms with E-state index >= 15 is 0 Å². The van der Waals surface area contributed by atoms with E-state index in [0.29, 0.717) is 28.5 Å². The van der Waals surface area contributed by atoms with Gasteiger partial charge in [-0.3, -0.25) is 4.79 Å². The Bertz CT molecular complexity index is 1020. The summed E-state index contributed by atoms with van der Waals surface area (Å²) >= 11 is 0. The number of carboxylic acids is 1. The van der Waals surface area contributed by atoms with Crippen molar-refractivity contribution in [3.63, 3.8) is 0 Å². The van der Waals surface area contributed by atoms with Crippen molar-refractivity contribution >= 4 is 17.6 Å². The molecule has 1 amide bonds. The largest absolute Gasteiger partial charge is 0.496 e. The molecule has 7 heteroatoms. The summed E-state index contributed by atoms with van der Waals surface area (Å²) in [5.41, 5.74) is 1.14. The molecule has 0 saturated heterocycles. The second-order valence-electron chi connectivity index (χ2n) is 6.18. The van der Waals surface area contributed by atoms with Crippen LogP contribution in [0, 0.1) is 0 Å². The third kappa shape index (κ3) is 5.29. The molecule has 7 nitrogen and oxygen atoms in total. The molecular weight excluding hydrogens is 386 g/mol. The van der Waals surface area contributed by atoms with Gasteiger partial charge in [-0.1, -0.05) is 24.3 Å². The van der Waals surface area contributed by atoms with Gasteiger partial charge in [0, 0.05) is 0 Å². The first-order valence-electron chi connectivity index (χ1n) is 9.21. The minimum absolute atomic E-state index is 0.193. The van der Waals surface area contributed by atoms with Crippen LogP contribution in [0.2, 0.25) is 0 Å². The van der Waals surface area contributed by atoms with Gasteiger partial charge in [0.1, 0.15) is 30.5 Å². The third-order valence-electron chi connectivity index (χ3n) is 4.20. The number of benzene rings is 3. The quantitative estimate of drug-likeness (QED) is 0.519. The molecule has 2 N–H and O–H groups in total. The fraction of sp³-hybridized carbons (Fsp3) is 0.130. The summed E-state index contributed by atoms with van der Waals surface area (Å²) in [6.07, 6.45) is 0. The Balaban J connectivity index is 1.57. The number of para-hydroxylation sites is 3. The van der Waals surface area contributed by atoms with Crippen LogP contribution in [0.3, 0.4) is 0 Å². The zero-order valence-electron chi connectivity index (χ0n) is 16.3. The Kier molecular flexibility index (Phi) is 6.89. The van der Waals surface area contributed by atoms with Gasteiger partial charge in [-0.05, 0) is 48.5 Å². The standard InChI is InChI=1S/C23H21NO6/c1-28-20-8-4-2-6-18(20)22(25)24-19-7-3-5-9-21(19)30-15-14-29-17-12-10-16(11-13-17)23(26)27/h2-13H,14-15H2,1H3,(H,24,25)(H,26,27). The number of nitrogens with one attached hydrogen (secondary N) is 1. The van der Waals surface area contributed by atoms with Crippen molar-refractivity contribution in [2.45, 2.75) is 0 Å². The zero-order chi connectivity index (χ0) is 21.3. The Morgan fingerprint density at radius 3 is 2.17 bits per heavy atom. The van der Waals surface area contributed by atoms with Gasteiger partial charge >= 0.3 is 5.97 Å². The molecule has 0 aliphatic carbocycles. The van der Waals surface area contributed by atoms with Crippen molar-refractivity contribution in [1.29, 1.82) is 0 Å². The minimum atomic E-state index is -0.989. The van der Waals surface area contributed by atoms with Crippen molar-refractivity contribution in [2.75, 3.05) is 25.6 Å². The lowest BCUT2D eigenvalue weighted by molar-refractivity contribution is 0.0696. The molecule has 3 aromatic rings. The number of amides is 1. The summed E-state index contributed by atoms with van der Waals surface area (Å²) in [6.45, 7) is 0.490. The monoisotopic (exact) mass is 407 g/mol. The molecule has 154 valence electrons. The predicted molar refractivity (Wildman–Crippen MR) is 112 cm³/mol. The first-order chi connectivity index (χ1) is 14.6. The van der Waals surface area contributed by atoms with Gasteiger partial charge in [0.05, 0.1) is 23.9 Å². The van der Waals surface area contributed by atoms with Crippen LogP contribution < -0.4 is 19.5 Å². The van der Waals surface area contributed by atoms with E-state index in [1.807, 2.05) is 0 Å². The second-order valence-corrected chi connectivity index (χ2v) is 6.18. The highest BCUT2D eigenvalue weighted by atomic mass is 16.5. The number of carbonyl (C=O) groups excluding carboxylic acids is 1. The van der Waals surface area contributed by atoms with Crippen LogP contribution in [0.25, 0.3) is 0 Å². The number of hydrogen-bond acceptors (Lipinski definition) is 5. The van der Waals surface area contributed by atoms with E-state index in [4.69, 9.17) is 19.3 Å². The summed E-state index contributed by atoms with van der Waals surface area (Å²) in [4.78, 5) is 23.5. The van der Waals surface area contributed by atoms with Crippen LogP contribution in [0.5, 0.6) is 17.2 Å². The third-order valence-corrected chi connectivity index (χ3v) is 4.20. The molecule has 0 aromatic heterocycles. The van der Waals surface area contributed by atoms with Crippen molar-refractivity contribution in [3.05, 3.63) is 83.9 Å².